The number of ether oxygens (including phenoxy) is 2. The molecule has 23 heavy (non-hydrogen) atoms. The number of para-hydroxylation sites is 2. The number of carbonyl (C=O) groups excluding carboxylic acids is 1. The van der Waals surface area contributed by atoms with Crippen LogP contribution in [0.2, 0.25) is 0 Å². The maximum atomic E-state index is 11.7. The van der Waals surface area contributed by atoms with Gasteiger partial charge in [0.1, 0.15) is 0 Å². The van der Waals surface area contributed by atoms with E-state index in [-0.39, 0.29) is 24.6 Å². The second-order valence-electron chi connectivity index (χ2n) is 4.69. The first-order valence-corrected chi connectivity index (χ1v) is 7.24. The van der Waals surface area contributed by atoms with E-state index in [0.717, 1.165) is 0 Å². The van der Waals surface area contributed by atoms with E-state index < -0.39 is 0 Å². The summed E-state index contributed by atoms with van der Waals surface area (Å²) in [6.45, 7) is 0.990. The van der Waals surface area contributed by atoms with E-state index >= 15 is 0 Å². The Bertz CT molecular complexity index is 699. The molecule has 1 heterocycles. The molecule has 0 atom stereocenters. The van der Waals surface area contributed by atoms with Crippen LogP contribution < -0.4 is 20.5 Å². The summed E-state index contributed by atoms with van der Waals surface area (Å²) >= 11 is 0. The second-order valence-corrected chi connectivity index (χ2v) is 4.69. The van der Waals surface area contributed by atoms with E-state index in [1.165, 1.54) is 10.8 Å². The molecule has 0 radical (unpaired) electrons. The zero-order valence-electron chi connectivity index (χ0n) is 12.9. The number of amides is 1. The summed E-state index contributed by atoms with van der Waals surface area (Å²) in [4.78, 5) is 26.8. The average molecular weight is 317 g/mol. The molecule has 1 N–H and O–H groups in total. The fourth-order valence-electron chi connectivity index (χ4n) is 1.95. The highest BCUT2D eigenvalue weighted by atomic mass is 16.5. The smallest absolute Gasteiger partial charge is 0.347 e. The Morgan fingerprint density at radius 2 is 2.04 bits per heavy atom. The van der Waals surface area contributed by atoms with Crippen molar-refractivity contribution in [1.29, 1.82) is 0 Å². The van der Waals surface area contributed by atoms with Crippen LogP contribution >= 0.6 is 0 Å². The number of benzene rings is 1. The van der Waals surface area contributed by atoms with Crippen molar-refractivity contribution in [1.82, 2.24) is 14.9 Å². The number of methoxy groups -OCH3 is 1. The molecular formula is C16H19N3O4. The van der Waals surface area contributed by atoms with Crippen molar-refractivity contribution in [2.75, 3.05) is 20.3 Å². The van der Waals surface area contributed by atoms with Crippen molar-refractivity contribution in [3.05, 3.63) is 53.2 Å². The van der Waals surface area contributed by atoms with Gasteiger partial charge in [-0.3, -0.25) is 9.36 Å². The standard InChI is InChI=1S/C16H19N3O4/c1-22-13-5-2-3-6-14(13)23-12-7-15(20)17-9-11-19-10-4-8-18-16(19)21/h2-6,8,10H,7,9,11-12H2,1H3,(H,17,20). The zero-order valence-corrected chi connectivity index (χ0v) is 12.9. The first-order chi connectivity index (χ1) is 11.2. The van der Waals surface area contributed by atoms with Gasteiger partial charge in [-0.2, -0.15) is 0 Å². The number of nitrogens with one attached hydrogen (secondary N) is 1. The van der Waals surface area contributed by atoms with Crippen LogP contribution in [0.25, 0.3) is 0 Å². The SMILES string of the molecule is COc1ccccc1OCCC(=O)NCCn1cccnc1=O. The Morgan fingerprint density at radius 1 is 1.26 bits per heavy atom. The van der Waals surface area contributed by atoms with Gasteiger partial charge in [0.25, 0.3) is 0 Å². The highest BCUT2D eigenvalue weighted by molar-refractivity contribution is 5.75. The van der Waals surface area contributed by atoms with Crippen LogP contribution in [0.1, 0.15) is 6.42 Å². The van der Waals surface area contributed by atoms with Gasteiger partial charge in [-0.15, -0.1) is 0 Å². The first-order valence-electron chi connectivity index (χ1n) is 7.24. The lowest BCUT2D eigenvalue weighted by Gasteiger charge is -2.10. The fraction of sp³-hybridized carbons (Fsp3) is 0.312. The predicted molar refractivity (Wildman–Crippen MR) is 84.6 cm³/mol. The van der Waals surface area contributed by atoms with Crippen molar-refractivity contribution in [3.63, 3.8) is 0 Å². The van der Waals surface area contributed by atoms with Crippen LogP contribution in [0.15, 0.2) is 47.5 Å². The summed E-state index contributed by atoms with van der Waals surface area (Å²) in [5, 5.41) is 2.74. The van der Waals surface area contributed by atoms with Crippen LogP contribution in [0, 0.1) is 0 Å². The van der Waals surface area contributed by atoms with E-state index in [4.69, 9.17) is 9.47 Å². The Hall–Kier alpha value is -2.83. The van der Waals surface area contributed by atoms with Crippen molar-refractivity contribution in [3.8, 4) is 11.5 Å². The number of nitrogens with zero attached hydrogens (tertiary/aromatic N) is 2. The molecule has 0 unspecified atom stereocenters. The molecule has 0 bridgehead atoms. The van der Waals surface area contributed by atoms with Crippen LogP contribution in [-0.4, -0.2) is 35.7 Å². The van der Waals surface area contributed by atoms with Crippen LogP contribution in [0.3, 0.4) is 0 Å². The maximum Gasteiger partial charge on any atom is 0.347 e. The maximum absolute atomic E-state index is 11.7. The minimum atomic E-state index is -0.332. The normalized spacial score (nSPS) is 10.1. The molecule has 0 aliphatic heterocycles. The molecule has 0 aliphatic carbocycles. The highest BCUT2D eigenvalue weighted by Gasteiger charge is 2.05. The molecule has 1 amide bonds. The number of hydrogen-bond acceptors (Lipinski definition) is 5. The fourth-order valence-corrected chi connectivity index (χ4v) is 1.95. The lowest BCUT2D eigenvalue weighted by atomic mass is 10.3. The average Bonchev–Trinajstić information content (AvgIpc) is 2.57. The molecule has 7 nitrogen and oxygen atoms in total. The summed E-state index contributed by atoms with van der Waals surface area (Å²) in [7, 11) is 1.56. The number of rotatable bonds is 8. The third-order valence-electron chi connectivity index (χ3n) is 3.11. The zero-order chi connectivity index (χ0) is 16.5. The molecule has 122 valence electrons. The summed E-state index contributed by atoms with van der Waals surface area (Å²) < 4.78 is 12.1. The second kappa shape index (κ2) is 8.57. The lowest BCUT2D eigenvalue weighted by molar-refractivity contribution is -0.121. The predicted octanol–water partition coefficient (Wildman–Crippen LogP) is 0.837. The van der Waals surface area contributed by atoms with Gasteiger partial charge in [0.05, 0.1) is 20.1 Å². The van der Waals surface area contributed by atoms with Crippen molar-refractivity contribution in [2.45, 2.75) is 13.0 Å². The first kappa shape index (κ1) is 16.5. The molecule has 2 rings (SSSR count). The number of carbonyl (C=O) groups is 1. The minimum Gasteiger partial charge on any atom is -0.493 e. The largest absolute Gasteiger partial charge is 0.493 e. The Labute approximate surface area is 133 Å². The van der Waals surface area contributed by atoms with Crippen LogP contribution in [0.5, 0.6) is 11.5 Å². The van der Waals surface area contributed by atoms with Gasteiger partial charge < -0.3 is 14.8 Å². The van der Waals surface area contributed by atoms with Crippen LogP contribution in [0.4, 0.5) is 0 Å². The molecule has 0 spiro atoms. The summed E-state index contributed by atoms with van der Waals surface area (Å²) in [5.41, 5.74) is -0.332. The third-order valence-corrected chi connectivity index (χ3v) is 3.11. The summed E-state index contributed by atoms with van der Waals surface area (Å²) in [6, 6.07) is 8.93. The van der Waals surface area contributed by atoms with Gasteiger partial charge in [0, 0.05) is 25.5 Å². The molecule has 1 aromatic carbocycles. The van der Waals surface area contributed by atoms with Gasteiger partial charge in [-0.25, -0.2) is 9.78 Å². The summed E-state index contributed by atoms with van der Waals surface area (Å²) in [6.07, 6.45) is 3.29. The van der Waals surface area contributed by atoms with Gasteiger partial charge in [-0.05, 0) is 18.2 Å². The molecule has 0 aliphatic rings. The Balaban J connectivity index is 1.69. The van der Waals surface area contributed by atoms with Gasteiger partial charge >= 0.3 is 5.69 Å². The number of hydrogen-bond donors (Lipinski definition) is 1. The Kier molecular flexibility index (Phi) is 6.17. The summed E-state index contributed by atoms with van der Waals surface area (Å²) in [5.74, 6) is 1.09. The van der Waals surface area contributed by atoms with Crippen LogP contribution in [-0.2, 0) is 11.3 Å². The molecular weight excluding hydrogens is 298 g/mol. The molecule has 0 saturated heterocycles. The third kappa shape index (κ3) is 5.14. The molecule has 7 heteroatoms. The number of aromatic nitrogens is 2. The highest BCUT2D eigenvalue weighted by Crippen LogP contribution is 2.25. The van der Waals surface area contributed by atoms with Crippen molar-refractivity contribution < 1.29 is 14.3 Å². The lowest BCUT2D eigenvalue weighted by Crippen LogP contribution is -2.31. The molecule has 0 saturated carbocycles. The monoisotopic (exact) mass is 317 g/mol. The van der Waals surface area contributed by atoms with Crippen molar-refractivity contribution in [2.24, 2.45) is 0 Å². The van der Waals surface area contributed by atoms with Gasteiger partial charge in [-0.1, -0.05) is 12.1 Å². The Morgan fingerprint density at radius 3 is 2.78 bits per heavy atom. The quantitative estimate of drug-likeness (QED) is 0.780. The van der Waals surface area contributed by atoms with E-state index in [0.29, 0.717) is 24.6 Å². The minimum absolute atomic E-state index is 0.142. The van der Waals surface area contributed by atoms with Crippen molar-refractivity contribution >= 4 is 5.91 Å². The molecule has 0 fully saturated rings. The topological polar surface area (TPSA) is 82.4 Å². The van der Waals surface area contributed by atoms with E-state index in [2.05, 4.69) is 10.3 Å². The molecule has 2 aromatic rings. The van der Waals surface area contributed by atoms with Gasteiger partial charge in [0.2, 0.25) is 5.91 Å². The van der Waals surface area contributed by atoms with E-state index in [1.807, 2.05) is 12.1 Å². The van der Waals surface area contributed by atoms with E-state index in [9.17, 15) is 9.59 Å². The molecule has 1 aromatic heterocycles. The van der Waals surface area contributed by atoms with E-state index in [1.54, 1.807) is 31.5 Å². The van der Waals surface area contributed by atoms with Gasteiger partial charge in [0.15, 0.2) is 11.5 Å².